The molecule has 4 heteroatoms. The zero-order chi connectivity index (χ0) is 15.9. The van der Waals surface area contributed by atoms with Gasteiger partial charge in [0, 0.05) is 4.90 Å². The number of amides is 1. The summed E-state index contributed by atoms with van der Waals surface area (Å²) in [6.07, 6.45) is 1.61. The van der Waals surface area contributed by atoms with Crippen molar-refractivity contribution >= 4 is 17.7 Å². The Morgan fingerprint density at radius 2 is 1.65 bits per heavy atom. The molecule has 2 aromatic carbocycles. The van der Waals surface area contributed by atoms with Crippen molar-refractivity contribution in [2.45, 2.75) is 16.7 Å². The number of thioether (sulfide) groups is 1. The lowest BCUT2D eigenvalue weighted by molar-refractivity contribution is -0.120. The third-order valence-corrected chi connectivity index (χ3v) is 4.62. The number of rotatable bonds is 6. The van der Waals surface area contributed by atoms with Crippen molar-refractivity contribution in [1.29, 1.82) is 0 Å². The second-order valence-electron chi connectivity index (χ2n) is 5.02. The lowest BCUT2D eigenvalue weighted by Crippen LogP contribution is -2.27. The highest BCUT2D eigenvalue weighted by Crippen LogP contribution is 2.35. The minimum atomic E-state index is -0.298. The van der Waals surface area contributed by atoms with E-state index in [0.717, 1.165) is 16.2 Å². The van der Waals surface area contributed by atoms with Crippen LogP contribution in [0.3, 0.4) is 0 Å². The molecular formula is C19H17NO2S. The SMILES string of the molecule is O=C(NCc1ccco1)C(Sc1ccccc1)c1ccccc1. The van der Waals surface area contributed by atoms with E-state index in [0.29, 0.717) is 6.54 Å². The smallest absolute Gasteiger partial charge is 0.238 e. The van der Waals surface area contributed by atoms with Gasteiger partial charge in [-0.25, -0.2) is 0 Å². The van der Waals surface area contributed by atoms with Crippen LogP contribution in [0, 0.1) is 0 Å². The van der Waals surface area contributed by atoms with Crippen molar-refractivity contribution in [3.63, 3.8) is 0 Å². The molecule has 1 heterocycles. The summed E-state index contributed by atoms with van der Waals surface area (Å²) < 4.78 is 5.27. The molecule has 0 radical (unpaired) electrons. The monoisotopic (exact) mass is 323 g/mol. The van der Waals surface area contributed by atoms with Crippen LogP contribution in [0.1, 0.15) is 16.6 Å². The predicted octanol–water partition coefficient (Wildman–Crippen LogP) is 4.43. The second-order valence-corrected chi connectivity index (χ2v) is 6.20. The Bertz CT molecular complexity index is 727. The zero-order valence-electron chi connectivity index (χ0n) is 12.5. The van der Waals surface area contributed by atoms with Crippen molar-refractivity contribution in [3.8, 4) is 0 Å². The Labute approximate surface area is 139 Å². The largest absolute Gasteiger partial charge is 0.467 e. The number of nitrogens with one attached hydrogen (secondary N) is 1. The summed E-state index contributed by atoms with van der Waals surface area (Å²) in [6, 6.07) is 23.4. The van der Waals surface area contributed by atoms with Crippen LogP contribution in [0.5, 0.6) is 0 Å². The maximum absolute atomic E-state index is 12.7. The van der Waals surface area contributed by atoms with Gasteiger partial charge >= 0.3 is 0 Å². The lowest BCUT2D eigenvalue weighted by atomic mass is 10.1. The zero-order valence-corrected chi connectivity index (χ0v) is 13.3. The second kappa shape index (κ2) is 7.70. The van der Waals surface area contributed by atoms with Crippen LogP contribution in [0.15, 0.2) is 88.4 Å². The van der Waals surface area contributed by atoms with Crippen LogP contribution < -0.4 is 5.32 Å². The Morgan fingerprint density at radius 1 is 0.957 bits per heavy atom. The van der Waals surface area contributed by atoms with E-state index >= 15 is 0 Å². The first-order chi connectivity index (χ1) is 11.3. The molecule has 1 atom stereocenters. The molecule has 1 amide bonds. The number of hydrogen-bond acceptors (Lipinski definition) is 3. The molecule has 0 aliphatic rings. The maximum Gasteiger partial charge on any atom is 0.238 e. The van der Waals surface area contributed by atoms with Crippen molar-refractivity contribution in [2.75, 3.05) is 0 Å². The van der Waals surface area contributed by atoms with Gasteiger partial charge in [-0.3, -0.25) is 4.79 Å². The van der Waals surface area contributed by atoms with E-state index in [1.807, 2.05) is 72.8 Å². The third-order valence-electron chi connectivity index (χ3n) is 3.35. The van der Waals surface area contributed by atoms with Gasteiger partial charge in [-0.1, -0.05) is 48.5 Å². The fourth-order valence-corrected chi connectivity index (χ4v) is 3.29. The van der Waals surface area contributed by atoms with Gasteiger partial charge in [0.05, 0.1) is 12.8 Å². The average molecular weight is 323 g/mol. The van der Waals surface area contributed by atoms with Crippen LogP contribution in [0.25, 0.3) is 0 Å². The fourth-order valence-electron chi connectivity index (χ4n) is 2.22. The summed E-state index contributed by atoms with van der Waals surface area (Å²) in [5.41, 5.74) is 0.985. The summed E-state index contributed by atoms with van der Waals surface area (Å²) >= 11 is 1.54. The van der Waals surface area contributed by atoms with Crippen LogP contribution in [-0.2, 0) is 11.3 Å². The summed E-state index contributed by atoms with van der Waals surface area (Å²) in [4.78, 5) is 13.7. The first-order valence-electron chi connectivity index (χ1n) is 7.39. The van der Waals surface area contributed by atoms with Crippen LogP contribution >= 0.6 is 11.8 Å². The van der Waals surface area contributed by atoms with Gasteiger partial charge in [0.1, 0.15) is 11.0 Å². The predicted molar refractivity (Wildman–Crippen MR) is 92.0 cm³/mol. The van der Waals surface area contributed by atoms with Gasteiger partial charge < -0.3 is 9.73 Å². The lowest BCUT2D eigenvalue weighted by Gasteiger charge is -2.16. The normalized spacial score (nSPS) is 11.8. The number of benzene rings is 2. The standard InChI is InChI=1S/C19H17NO2S/c21-19(20-14-16-10-7-13-22-16)18(15-8-3-1-4-9-15)23-17-11-5-2-6-12-17/h1-13,18H,14H2,(H,20,21). The molecule has 3 nitrogen and oxygen atoms in total. The van der Waals surface area contributed by atoms with Gasteiger partial charge in [-0.05, 0) is 29.8 Å². The highest BCUT2D eigenvalue weighted by molar-refractivity contribution is 8.00. The van der Waals surface area contributed by atoms with Gasteiger partial charge in [0.15, 0.2) is 0 Å². The molecule has 0 aliphatic heterocycles. The Morgan fingerprint density at radius 3 is 2.30 bits per heavy atom. The molecule has 1 aromatic heterocycles. The van der Waals surface area contributed by atoms with Crippen molar-refractivity contribution in [1.82, 2.24) is 5.32 Å². The quantitative estimate of drug-likeness (QED) is 0.682. The third kappa shape index (κ3) is 4.27. The van der Waals surface area contributed by atoms with Crippen molar-refractivity contribution in [3.05, 3.63) is 90.4 Å². The topological polar surface area (TPSA) is 42.2 Å². The number of carbonyl (C=O) groups excluding carboxylic acids is 1. The molecule has 0 aliphatic carbocycles. The van der Waals surface area contributed by atoms with Gasteiger partial charge in [-0.2, -0.15) is 0 Å². The first kappa shape index (κ1) is 15.4. The van der Waals surface area contributed by atoms with E-state index in [9.17, 15) is 4.79 Å². The van der Waals surface area contributed by atoms with Crippen LogP contribution in [0.2, 0.25) is 0 Å². The van der Waals surface area contributed by atoms with Crippen LogP contribution in [0.4, 0.5) is 0 Å². The molecule has 0 fully saturated rings. The molecule has 116 valence electrons. The summed E-state index contributed by atoms with van der Waals surface area (Å²) in [5, 5.41) is 2.65. The van der Waals surface area contributed by atoms with E-state index in [1.165, 1.54) is 0 Å². The van der Waals surface area contributed by atoms with Gasteiger partial charge in [0.25, 0.3) is 0 Å². The Kier molecular flexibility index (Phi) is 5.17. The summed E-state index contributed by atoms with van der Waals surface area (Å²) in [6.45, 7) is 0.393. The molecule has 0 spiro atoms. The van der Waals surface area contributed by atoms with E-state index in [1.54, 1.807) is 18.0 Å². The molecule has 23 heavy (non-hydrogen) atoms. The molecule has 3 rings (SSSR count). The Balaban J connectivity index is 1.75. The molecular weight excluding hydrogens is 306 g/mol. The van der Waals surface area contributed by atoms with E-state index in [-0.39, 0.29) is 11.2 Å². The first-order valence-corrected chi connectivity index (χ1v) is 8.27. The van der Waals surface area contributed by atoms with E-state index in [4.69, 9.17) is 4.42 Å². The highest BCUT2D eigenvalue weighted by Gasteiger charge is 2.21. The molecule has 3 aromatic rings. The average Bonchev–Trinajstić information content (AvgIpc) is 3.13. The molecule has 1 unspecified atom stereocenters. The van der Waals surface area contributed by atoms with Crippen LogP contribution in [-0.4, -0.2) is 5.91 Å². The molecule has 0 saturated heterocycles. The number of carbonyl (C=O) groups is 1. The molecule has 0 saturated carbocycles. The maximum atomic E-state index is 12.7. The van der Waals surface area contributed by atoms with Gasteiger partial charge in [0.2, 0.25) is 5.91 Å². The molecule has 0 bridgehead atoms. The van der Waals surface area contributed by atoms with E-state index < -0.39 is 0 Å². The summed E-state index contributed by atoms with van der Waals surface area (Å²) in [5.74, 6) is 0.719. The highest BCUT2D eigenvalue weighted by atomic mass is 32.2. The number of furan rings is 1. The van der Waals surface area contributed by atoms with Crippen molar-refractivity contribution in [2.24, 2.45) is 0 Å². The van der Waals surface area contributed by atoms with E-state index in [2.05, 4.69) is 5.32 Å². The number of hydrogen-bond donors (Lipinski definition) is 1. The minimum absolute atomic E-state index is 0.0264. The van der Waals surface area contributed by atoms with Crippen molar-refractivity contribution < 1.29 is 9.21 Å². The van der Waals surface area contributed by atoms with Gasteiger partial charge in [-0.15, -0.1) is 11.8 Å². The Hall–Kier alpha value is -2.46. The fraction of sp³-hybridized carbons (Fsp3) is 0.105. The minimum Gasteiger partial charge on any atom is -0.467 e. The molecule has 1 N–H and O–H groups in total. The summed E-state index contributed by atoms with van der Waals surface area (Å²) in [7, 11) is 0.